The van der Waals surface area contributed by atoms with E-state index in [4.69, 9.17) is 0 Å². The maximum Gasteiger partial charge on any atom is 0.0862 e. The molecular formula is C14H24O. The van der Waals surface area contributed by atoms with E-state index in [-0.39, 0.29) is 0 Å². The summed E-state index contributed by atoms with van der Waals surface area (Å²) in [5.74, 6) is 0. The molecule has 0 aromatic heterocycles. The highest BCUT2D eigenvalue weighted by Crippen LogP contribution is 2.48. The van der Waals surface area contributed by atoms with Crippen LogP contribution < -0.4 is 0 Å². The molecule has 1 saturated carbocycles. The van der Waals surface area contributed by atoms with E-state index >= 15 is 0 Å². The van der Waals surface area contributed by atoms with Crippen LogP contribution in [0.15, 0.2) is 11.6 Å². The molecule has 1 fully saturated rings. The molecule has 1 N–H and O–H groups in total. The Hall–Kier alpha value is -0.300. The highest BCUT2D eigenvalue weighted by Gasteiger charge is 2.43. The van der Waals surface area contributed by atoms with Gasteiger partial charge in [0.25, 0.3) is 0 Å². The number of aliphatic hydroxyl groups is 1. The van der Waals surface area contributed by atoms with Gasteiger partial charge in [0.15, 0.2) is 0 Å². The van der Waals surface area contributed by atoms with E-state index in [1.165, 1.54) is 37.7 Å². The number of hydrogen-bond donors (Lipinski definition) is 1. The Bertz CT molecular complexity index is 265. The Morgan fingerprint density at radius 1 is 1.13 bits per heavy atom. The normalized spacial score (nSPS) is 36.1. The fraction of sp³-hybridized carbons (Fsp3) is 0.857. The Kier molecular flexibility index (Phi) is 2.94. The Morgan fingerprint density at radius 3 is 2.60 bits per heavy atom. The van der Waals surface area contributed by atoms with Gasteiger partial charge in [0.1, 0.15) is 0 Å². The smallest absolute Gasteiger partial charge is 0.0862 e. The van der Waals surface area contributed by atoms with Gasteiger partial charge in [-0.05, 0) is 55.9 Å². The van der Waals surface area contributed by atoms with Crippen molar-refractivity contribution < 1.29 is 5.11 Å². The molecule has 0 spiro atoms. The summed E-state index contributed by atoms with van der Waals surface area (Å²) < 4.78 is 0. The summed E-state index contributed by atoms with van der Waals surface area (Å²) in [5.41, 5.74) is 1.24. The van der Waals surface area contributed by atoms with Crippen LogP contribution in [0.5, 0.6) is 0 Å². The minimum atomic E-state index is -0.451. The first-order chi connectivity index (χ1) is 7.02. The van der Waals surface area contributed by atoms with Crippen molar-refractivity contribution in [2.45, 2.75) is 70.8 Å². The van der Waals surface area contributed by atoms with Gasteiger partial charge < -0.3 is 5.11 Å². The van der Waals surface area contributed by atoms with Crippen molar-refractivity contribution in [3.63, 3.8) is 0 Å². The molecule has 0 bridgehead atoms. The summed E-state index contributed by atoms with van der Waals surface area (Å²) >= 11 is 0. The van der Waals surface area contributed by atoms with Gasteiger partial charge in [-0.2, -0.15) is 0 Å². The molecule has 1 nitrogen and oxygen atoms in total. The quantitative estimate of drug-likeness (QED) is 0.649. The monoisotopic (exact) mass is 208 g/mol. The lowest BCUT2D eigenvalue weighted by molar-refractivity contribution is 0.0709. The highest BCUT2D eigenvalue weighted by molar-refractivity contribution is 5.21. The van der Waals surface area contributed by atoms with Crippen molar-refractivity contribution in [3.8, 4) is 0 Å². The van der Waals surface area contributed by atoms with Crippen LogP contribution >= 0.6 is 0 Å². The maximum absolute atomic E-state index is 10.7. The third-order valence-corrected chi connectivity index (χ3v) is 4.13. The van der Waals surface area contributed by atoms with Gasteiger partial charge in [0, 0.05) is 0 Å². The number of rotatable bonds is 1. The molecule has 0 amide bonds. The standard InChI is InChI=1S/C14H24O/c1-13(2)9-10-14(15,11-13)12-7-5-3-4-6-8-12/h7,15H,3-6,8-11H2,1-2H3. The van der Waals surface area contributed by atoms with Gasteiger partial charge in [0.2, 0.25) is 0 Å². The van der Waals surface area contributed by atoms with Gasteiger partial charge in [-0.3, -0.25) is 0 Å². The zero-order chi connectivity index (χ0) is 10.9. The van der Waals surface area contributed by atoms with Crippen molar-refractivity contribution in [1.82, 2.24) is 0 Å². The van der Waals surface area contributed by atoms with E-state index in [9.17, 15) is 5.11 Å². The van der Waals surface area contributed by atoms with Crippen molar-refractivity contribution in [2.75, 3.05) is 0 Å². The Balaban J connectivity index is 2.12. The molecule has 0 aromatic carbocycles. The van der Waals surface area contributed by atoms with E-state index in [1.807, 2.05) is 0 Å². The highest BCUT2D eigenvalue weighted by atomic mass is 16.3. The van der Waals surface area contributed by atoms with Crippen molar-refractivity contribution in [3.05, 3.63) is 11.6 Å². The Morgan fingerprint density at radius 2 is 1.93 bits per heavy atom. The summed E-state index contributed by atoms with van der Waals surface area (Å²) in [6, 6.07) is 0. The van der Waals surface area contributed by atoms with Gasteiger partial charge in [-0.1, -0.05) is 26.3 Å². The fourth-order valence-corrected chi connectivity index (χ4v) is 3.23. The summed E-state index contributed by atoms with van der Waals surface area (Å²) in [6.45, 7) is 4.56. The molecule has 0 saturated heterocycles. The molecule has 0 aliphatic heterocycles. The van der Waals surface area contributed by atoms with Gasteiger partial charge in [-0.25, -0.2) is 0 Å². The first kappa shape index (κ1) is 11.2. The molecule has 1 unspecified atom stereocenters. The molecular weight excluding hydrogens is 184 g/mol. The summed E-state index contributed by atoms with van der Waals surface area (Å²) in [4.78, 5) is 0. The van der Waals surface area contributed by atoms with E-state index in [0.717, 1.165) is 19.3 Å². The van der Waals surface area contributed by atoms with E-state index in [0.29, 0.717) is 5.41 Å². The molecule has 2 rings (SSSR count). The maximum atomic E-state index is 10.7. The predicted octanol–water partition coefficient (Wildman–Crippen LogP) is 3.82. The van der Waals surface area contributed by atoms with Crippen molar-refractivity contribution >= 4 is 0 Å². The topological polar surface area (TPSA) is 20.2 Å². The predicted molar refractivity (Wildman–Crippen MR) is 63.7 cm³/mol. The number of hydrogen-bond acceptors (Lipinski definition) is 1. The summed E-state index contributed by atoms with van der Waals surface area (Å²) in [5, 5.41) is 10.7. The minimum Gasteiger partial charge on any atom is -0.385 e. The lowest BCUT2D eigenvalue weighted by atomic mass is 9.84. The lowest BCUT2D eigenvalue weighted by Crippen LogP contribution is -2.28. The third-order valence-electron chi connectivity index (χ3n) is 4.13. The van der Waals surface area contributed by atoms with Gasteiger partial charge in [0.05, 0.1) is 5.60 Å². The summed E-state index contributed by atoms with van der Waals surface area (Å²) in [6.07, 6.45) is 11.7. The van der Waals surface area contributed by atoms with Crippen LogP contribution in [0.25, 0.3) is 0 Å². The van der Waals surface area contributed by atoms with E-state index in [1.54, 1.807) is 0 Å². The second-order valence-corrected chi connectivity index (χ2v) is 6.20. The second-order valence-electron chi connectivity index (χ2n) is 6.20. The third kappa shape index (κ3) is 2.44. The Labute approximate surface area is 93.6 Å². The van der Waals surface area contributed by atoms with Crippen LogP contribution in [-0.4, -0.2) is 10.7 Å². The molecule has 2 aliphatic rings. The van der Waals surface area contributed by atoms with Crippen LogP contribution in [-0.2, 0) is 0 Å². The molecule has 0 radical (unpaired) electrons. The molecule has 0 aromatic rings. The molecule has 15 heavy (non-hydrogen) atoms. The molecule has 86 valence electrons. The van der Waals surface area contributed by atoms with Gasteiger partial charge in [-0.15, -0.1) is 0 Å². The fourth-order valence-electron chi connectivity index (χ4n) is 3.23. The van der Waals surface area contributed by atoms with Gasteiger partial charge >= 0.3 is 0 Å². The first-order valence-electron chi connectivity index (χ1n) is 6.44. The van der Waals surface area contributed by atoms with Crippen molar-refractivity contribution in [1.29, 1.82) is 0 Å². The molecule has 1 atom stereocenters. The zero-order valence-corrected chi connectivity index (χ0v) is 10.2. The lowest BCUT2D eigenvalue weighted by Gasteiger charge is -2.28. The average Bonchev–Trinajstić information content (AvgIpc) is 2.43. The second kappa shape index (κ2) is 3.93. The molecule has 2 aliphatic carbocycles. The number of allylic oxidation sites excluding steroid dienone is 1. The van der Waals surface area contributed by atoms with Crippen molar-refractivity contribution in [2.24, 2.45) is 5.41 Å². The van der Waals surface area contributed by atoms with Crippen LogP contribution in [0.1, 0.15) is 65.2 Å². The first-order valence-corrected chi connectivity index (χ1v) is 6.44. The van der Waals surface area contributed by atoms with E-state index in [2.05, 4.69) is 19.9 Å². The zero-order valence-electron chi connectivity index (χ0n) is 10.2. The van der Waals surface area contributed by atoms with Crippen LogP contribution in [0.2, 0.25) is 0 Å². The average molecular weight is 208 g/mol. The largest absolute Gasteiger partial charge is 0.385 e. The molecule has 0 heterocycles. The van der Waals surface area contributed by atoms with Crippen LogP contribution in [0.4, 0.5) is 0 Å². The van der Waals surface area contributed by atoms with Crippen LogP contribution in [0.3, 0.4) is 0 Å². The van der Waals surface area contributed by atoms with E-state index < -0.39 is 5.60 Å². The summed E-state index contributed by atoms with van der Waals surface area (Å²) in [7, 11) is 0. The van der Waals surface area contributed by atoms with Crippen LogP contribution in [0, 0.1) is 5.41 Å². The minimum absolute atomic E-state index is 0.335. The molecule has 1 heteroatoms. The SMILES string of the molecule is CC1(C)CCC(O)(C2=CCCCCC2)C1.